The second-order valence-electron chi connectivity index (χ2n) is 4.82. The zero-order chi connectivity index (χ0) is 15.9. The first-order valence-electron chi connectivity index (χ1n) is 6.43. The Morgan fingerprint density at radius 2 is 1.86 bits per heavy atom. The number of anilines is 1. The van der Waals surface area contributed by atoms with Crippen LogP contribution in [-0.2, 0) is 23.0 Å². The number of nitrogens with two attached hydrogens (primary N) is 1. The van der Waals surface area contributed by atoms with Crippen LogP contribution in [0.3, 0.4) is 0 Å². The third kappa shape index (κ3) is 2.32. The Morgan fingerprint density at radius 1 is 1.18 bits per heavy atom. The van der Waals surface area contributed by atoms with E-state index in [-0.39, 0.29) is 19.5 Å². The first-order valence-corrected chi connectivity index (χ1v) is 7.87. The maximum atomic E-state index is 13.8. The maximum Gasteiger partial charge on any atom is 0.249 e. The van der Waals surface area contributed by atoms with Gasteiger partial charge in [-0.25, -0.2) is 27.2 Å². The highest BCUT2D eigenvalue weighted by molar-refractivity contribution is 7.89. The van der Waals surface area contributed by atoms with Crippen molar-refractivity contribution in [2.75, 3.05) is 12.3 Å². The normalized spacial score (nSPS) is 15.5. The Balaban J connectivity index is 2.02. The first kappa shape index (κ1) is 14.8. The van der Waals surface area contributed by atoms with Crippen molar-refractivity contribution < 1.29 is 17.2 Å². The van der Waals surface area contributed by atoms with Crippen molar-refractivity contribution in [2.45, 2.75) is 17.9 Å². The largest absolute Gasteiger partial charge is 0.383 e. The molecular weight excluding hydrogens is 314 g/mol. The Kier molecular flexibility index (Phi) is 3.53. The SMILES string of the molecule is Nc1ncnc2c1CCN(S(=O)(=O)c1c(F)cccc1F)C2. The Hall–Kier alpha value is -2.13. The molecule has 3 rings (SSSR count). The molecule has 22 heavy (non-hydrogen) atoms. The summed E-state index contributed by atoms with van der Waals surface area (Å²) in [7, 11) is -4.30. The molecule has 2 heterocycles. The third-order valence-electron chi connectivity index (χ3n) is 3.52. The van der Waals surface area contributed by atoms with Crippen LogP contribution in [0.5, 0.6) is 0 Å². The number of nitrogens with zero attached hydrogens (tertiary/aromatic N) is 3. The van der Waals surface area contributed by atoms with Crippen LogP contribution in [-0.4, -0.2) is 29.2 Å². The summed E-state index contributed by atoms with van der Waals surface area (Å²) in [4.78, 5) is 6.90. The van der Waals surface area contributed by atoms with E-state index in [2.05, 4.69) is 9.97 Å². The molecule has 0 radical (unpaired) electrons. The average molecular weight is 326 g/mol. The summed E-state index contributed by atoms with van der Waals surface area (Å²) >= 11 is 0. The van der Waals surface area contributed by atoms with Crippen molar-refractivity contribution >= 4 is 15.8 Å². The van der Waals surface area contributed by atoms with Crippen molar-refractivity contribution in [3.63, 3.8) is 0 Å². The van der Waals surface area contributed by atoms with Crippen molar-refractivity contribution in [3.8, 4) is 0 Å². The Labute approximate surface area is 125 Å². The molecule has 9 heteroatoms. The maximum absolute atomic E-state index is 13.8. The summed E-state index contributed by atoms with van der Waals surface area (Å²) in [5.41, 5.74) is 6.83. The standard InChI is InChI=1S/C13H12F2N4O2S/c14-9-2-1-3-10(15)12(9)22(20,21)19-5-4-8-11(6-19)17-7-18-13(8)16/h1-3,7H,4-6H2,(H2,16,17,18). The monoisotopic (exact) mass is 326 g/mol. The van der Waals surface area contributed by atoms with Crippen LogP contribution in [0.1, 0.15) is 11.3 Å². The van der Waals surface area contributed by atoms with Crippen LogP contribution in [0, 0.1) is 11.6 Å². The third-order valence-corrected chi connectivity index (χ3v) is 5.42. The molecule has 0 amide bonds. The van der Waals surface area contributed by atoms with Gasteiger partial charge in [-0.3, -0.25) is 0 Å². The molecule has 0 atom stereocenters. The topological polar surface area (TPSA) is 89.2 Å². The fourth-order valence-electron chi connectivity index (χ4n) is 2.42. The van der Waals surface area contributed by atoms with Gasteiger partial charge in [-0.2, -0.15) is 4.31 Å². The molecule has 2 aromatic rings. The highest BCUT2D eigenvalue weighted by Crippen LogP contribution is 2.28. The Morgan fingerprint density at radius 3 is 2.55 bits per heavy atom. The first-order chi connectivity index (χ1) is 10.4. The number of halogens is 2. The van der Waals surface area contributed by atoms with Gasteiger partial charge in [0.05, 0.1) is 12.2 Å². The number of aromatic nitrogens is 2. The molecule has 6 nitrogen and oxygen atoms in total. The van der Waals surface area contributed by atoms with E-state index in [0.29, 0.717) is 17.1 Å². The molecule has 0 unspecified atom stereocenters. The smallest absolute Gasteiger partial charge is 0.249 e. The van der Waals surface area contributed by atoms with Crippen LogP contribution < -0.4 is 5.73 Å². The number of sulfonamides is 1. The van der Waals surface area contributed by atoms with E-state index in [1.54, 1.807) is 0 Å². The number of fused-ring (bicyclic) bond motifs is 1. The van der Waals surface area contributed by atoms with Crippen molar-refractivity contribution in [2.24, 2.45) is 0 Å². The van der Waals surface area contributed by atoms with Crippen LogP contribution >= 0.6 is 0 Å². The summed E-state index contributed by atoms with van der Waals surface area (Å²) < 4.78 is 53.5. The lowest BCUT2D eigenvalue weighted by Gasteiger charge is -2.27. The summed E-state index contributed by atoms with van der Waals surface area (Å²) in [5, 5.41) is 0. The molecule has 0 aliphatic carbocycles. The van der Waals surface area contributed by atoms with Gasteiger partial charge in [-0.15, -0.1) is 0 Å². The minimum absolute atomic E-state index is 0.0562. The van der Waals surface area contributed by atoms with Gasteiger partial charge in [0.15, 0.2) is 4.90 Å². The summed E-state index contributed by atoms with van der Waals surface area (Å²) in [5.74, 6) is -1.94. The van der Waals surface area contributed by atoms with Gasteiger partial charge in [0, 0.05) is 12.1 Å². The molecular formula is C13H12F2N4O2S. The van der Waals surface area contributed by atoms with Crippen LogP contribution in [0.2, 0.25) is 0 Å². The van der Waals surface area contributed by atoms with Crippen LogP contribution in [0.25, 0.3) is 0 Å². The molecule has 2 N–H and O–H groups in total. The number of hydrogen-bond acceptors (Lipinski definition) is 5. The molecule has 1 aliphatic rings. The highest BCUT2D eigenvalue weighted by atomic mass is 32.2. The number of hydrogen-bond donors (Lipinski definition) is 1. The van der Waals surface area contributed by atoms with E-state index < -0.39 is 26.6 Å². The van der Waals surface area contributed by atoms with Gasteiger partial charge in [-0.1, -0.05) is 6.07 Å². The molecule has 116 valence electrons. The lowest BCUT2D eigenvalue weighted by atomic mass is 10.1. The average Bonchev–Trinajstić information content (AvgIpc) is 2.46. The van der Waals surface area contributed by atoms with E-state index in [0.717, 1.165) is 22.5 Å². The van der Waals surface area contributed by atoms with Crippen molar-refractivity contribution in [1.82, 2.24) is 14.3 Å². The second-order valence-corrected chi connectivity index (χ2v) is 6.70. The van der Waals surface area contributed by atoms with Gasteiger partial charge in [0.1, 0.15) is 23.8 Å². The summed E-state index contributed by atoms with van der Waals surface area (Å²) in [6.45, 7) is -0.0428. The second kappa shape index (κ2) is 5.25. The minimum atomic E-state index is -4.30. The van der Waals surface area contributed by atoms with E-state index in [1.165, 1.54) is 6.33 Å². The molecule has 1 aromatic carbocycles. The lowest BCUT2D eigenvalue weighted by molar-refractivity contribution is 0.378. The number of nitrogen functional groups attached to an aromatic ring is 1. The zero-order valence-electron chi connectivity index (χ0n) is 11.3. The summed E-state index contributed by atoms with van der Waals surface area (Å²) in [6, 6.07) is 2.94. The van der Waals surface area contributed by atoms with E-state index in [1.807, 2.05) is 0 Å². The number of benzene rings is 1. The molecule has 0 saturated carbocycles. The predicted octanol–water partition coefficient (Wildman–Crippen LogP) is 1.08. The number of rotatable bonds is 2. The minimum Gasteiger partial charge on any atom is -0.383 e. The Bertz CT molecular complexity index is 822. The van der Waals surface area contributed by atoms with Gasteiger partial charge in [0.2, 0.25) is 10.0 Å². The van der Waals surface area contributed by atoms with Gasteiger partial charge < -0.3 is 5.73 Å². The van der Waals surface area contributed by atoms with Crippen molar-refractivity contribution in [1.29, 1.82) is 0 Å². The van der Waals surface area contributed by atoms with Gasteiger partial charge in [0.25, 0.3) is 0 Å². The fraction of sp³-hybridized carbons (Fsp3) is 0.231. The quantitative estimate of drug-likeness (QED) is 0.892. The highest BCUT2D eigenvalue weighted by Gasteiger charge is 2.34. The molecule has 0 bridgehead atoms. The van der Waals surface area contributed by atoms with Gasteiger partial charge in [-0.05, 0) is 18.6 Å². The van der Waals surface area contributed by atoms with Crippen molar-refractivity contribution in [3.05, 3.63) is 47.4 Å². The van der Waals surface area contributed by atoms with E-state index in [9.17, 15) is 17.2 Å². The summed E-state index contributed by atoms with van der Waals surface area (Å²) in [6.07, 6.45) is 1.52. The van der Waals surface area contributed by atoms with E-state index >= 15 is 0 Å². The van der Waals surface area contributed by atoms with Crippen LogP contribution in [0.15, 0.2) is 29.4 Å². The molecule has 1 aromatic heterocycles. The van der Waals surface area contributed by atoms with Gasteiger partial charge >= 0.3 is 0 Å². The van der Waals surface area contributed by atoms with Crippen LogP contribution in [0.4, 0.5) is 14.6 Å². The molecule has 0 spiro atoms. The molecule has 0 saturated heterocycles. The zero-order valence-corrected chi connectivity index (χ0v) is 12.1. The molecule has 0 fully saturated rings. The lowest BCUT2D eigenvalue weighted by Crippen LogP contribution is -2.37. The van der Waals surface area contributed by atoms with E-state index in [4.69, 9.17) is 5.73 Å². The fourth-order valence-corrected chi connectivity index (χ4v) is 3.93. The predicted molar refractivity (Wildman–Crippen MR) is 74.1 cm³/mol. The molecule has 1 aliphatic heterocycles.